The van der Waals surface area contributed by atoms with E-state index < -0.39 is 24.3 Å². The second-order valence-corrected chi connectivity index (χ2v) is 8.64. The van der Waals surface area contributed by atoms with E-state index in [9.17, 15) is 18.8 Å². The van der Waals surface area contributed by atoms with Gasteiger partial charge in [-0.3, -0.25) is 19.3 Å². The number of nitrogens with one attached hydrogen (secondary N) is 2. The molecule has 0 unspecified atom stereocenters. The lowest BCUT2D eigenvalue weighted by atomic mass is 10.1. The number of hydrogen-bond donors (Lipinski definition) is 4. The largest absolute Gasteiger partial charge is 0.388 e. The molecular formula is C29H29FN4O4. The number of carbonyl (C=O) groups is 3. The lowest BCUT2D eigenvalue weighted by Crippen LogP contribution is -2.46. The lowest BCUT2D eigenvalue weighted by molar-refractivity contribution is -0.123. The zero-order chi connectivity index (χ0) is 27.5. The number of nitrogens with zero attached hydrogens (tertiary/aromatic N) is 1. The minimum atomic E-state index is -0.944. The molecule has 0 radical (unpaired) electrons. The van der Waals surface area contributed by atoms with Crippen molar-refractivity contribution in [3.8, 4) is 11.8 Å². The van der Waals surface area contributed by atoms with Crippen LogP contribution in [0.4, 0.5) is 10.1 Å². The molecule has 0 spiro atoms. The number of halogens is 1. The number of amides is 2. The molecule has 3 rings (SSSR count). The van der Waals surface area contributed by atoms with E-state index in [0.717, 1.165) is 11.1 Å². The number of carbonyl (C=O) groups excluding carboxylic acids is 3. The summed E-state index contributed by atoms with van der Waals surface area (Å²) in [5.74, 6) is 4.51. The number of Topliss-reactive ketones (excluding diaryl/α,β-unsaturated/α-hetero) is 1. The lowest BCUT2D eigenvalue weighted by Gasteiger charge is -2.16. The molecule has 0 aromatic heterocycles. The molecule has 0 saturated heterocycles. The zero-order valence-corrected chi connectivity index (χ0v) is 20.9. The molecule has 38 heavy (non-hydrogen) atoms. The highest BCUT2D eigenvalue weighted by atomic mass is 19.1. The smallest absolute Gasteiger partial charge is 0.251 e. The third-order valence-corrected chi connectivity index (χ3v) is 5.51. The Morgan fingerprint density at radius 1 is 1.00 bits per heavy atom. The van der Waals surface area contributed by atoms with Crippen molar-refractivity contribution < 1.29 is 23.9 Å². The van der Waals surface area contributed by atoms with Crippen LogP contribution in [0.25, 0.3) is 0 Å². The van der Waals surface area contributed by atoms with Crippen LogP contribution in [0.3, 0.4) is 0 Å². The average molecular weight is 517 g/mol. The highest BCUT2D eigenvalue weighted by molar-refractivity contribution is 5.98. The molecule has 3 aromatic rings. The first-order chi connectivity index (χ1) is 18.3. The Hall–Kier alpha value is -4.36. The van der Waals surface area contributed by atoms with E-state index >= 15 is 0 Å². The van der Waals surface area contributed by atoms with Crippen LogP contribution in [0.15, 0.2) is 72.8 Å². The molecule has 0 saturated carbocycles. The van der Waals surface area contributed by atoms with Crippen LogP contribution < -0.4 is 16.4 Å². The van der Waals surface area contributed by atoms with E-state index in [1.54, 1.807) is 66.5 Å². The Bertz CT molecular complexity index is 1330. The Balaban J connectivity index is 1.52. The molecule has 0 aliphatic rings. The van der Waals surface area contributed by atoms with Crippen LogP contribution >= 0.6 is 0 Å². The van der Waals surface area contributed by atoms with Gasteiger partial charge in [-0.25, -0.2) is 4.39 Å². The van der Waals surface area contributed by atoms with Gasteiger partial charge in [0.2, 0.25) is 5.91 Å². The number of ketones is 1. The van der Waals surface area contributed by atoms with Gasteiger partial charge in [-0.15, -0.1) is 0 Å². The number of benzene rings is 3. The van der Waals surface area contributed by atoms with Crippen LogP contribution in [0.1, 0.15) is 27.0 Å². The summed E-state index contributed by atoms with van der Waals surface area (Å²) < 4.78 is 13.3. The first-order valence-corrected chi connectivity index (χ1v) is 11.9. The van der Waals surface area contributed by atoms with E-state index in [0.29, 0.717) is 23.4 Å². The summed E-state index contributed by atoms with van der Waals surface area (Å²) in [4.78, 5) is 38.0. The van der Waals surface area contributed by atoms with Gasteiger partial charge in [-0.05, 0) is 73.3 Å². The van der Waals surface area contributed by atoms with Crippen molar-refractivity contribution in [1.82, 2.24) is 10.2 Å². The molecule has 1 atom stereocenters. The summed E-state index contributed by atoms with van der Waals surface area (Å²) in [6.45, 7) is -0.205. The maximum absolute atomic E-state index is 13.3. The van der Waals surface area contributed by atoms with Gasteiger partial charge in [0.05, 0.1) is 6.54 Å². The van der Waals surface area contributed by atoms with Gasteiger partial charge in [0.1, 0.15) is 18.5 Å². The monoisotopic (exact) mass is 516 g/mol. The van der Waals surface area contributed by atoms with E-state index in [4.69, 9.17) is 10.8 Å². The predicted octanol–water partition coefficient (Wildman–Crippen LogP) is 1.91. The fraction of sp³-hybridized carbons (Fsp3) is 0.207. The first kappa shape index (κ1) is 28.2. The standard InChI is InChI=1S/C29H29FN4O4/c1-34(17-22-3-2-4-24(30)15-22)18-28(37)32-25-13-9-21(10-14-25)6-5-20-7-11-23(12-8-20)29(38)33-26(16-31)27(36)19-35/h2-4,7-15,26,35H,16-19,31H2,1H3,(H,32,37)(H,33,38)/t26-/m0/s1. The SMILES string of the molecule is CN(CC(=O)Nc1ccc(C#Cc2ccc(C(=O)N[C@@H](CN)C(=O)CO)cc2)cc1)Cc1cccc(F)c1. The Morgan fingerprint density at radius 2 is 1.63 bits per heavy atom. The second kappa shape index (κ2) is 13.8. The second-order valence-electron chi connectivity index (χ2n) is 8.64. The highest BCUT2D eigenvalue weighted by Gasteiger charge is 2.18. The molecule has 0 fully saturated rings. The maximum atomic E-state index is 13.3. The van der Waals surface area contributed by atoms with Gasteiger partial charge in [-0.2, -0.15) is 0 Å². The van der Waals surface area contributed by atoms with Gasteiger partial charge in [0, 0.05) is 35.5 Å². The molecule has 196 valence electrons. The highest BCUT2D eigenvalue weighted by Crippen LogP contribution is 2.11. The van der Waals surface area contributed by atoms with Crippen LogP contribution in [-0.4, -0.2) is 60.4 Å². The number of aliphatic hydroxyl groups excluding tert-OH is 1. The number of anilines is 1. The normalized spacial score (nSPS) is 11.3. The van der Waals surface area contributed by atoms with E-state index in [-0.39, 0.29) is 24.8 Å². The van der Waals surface area contributed by atoms with Crippen molar-refractivity contribution in [3.63, 3.8) is 0 Å². The van der Waals surface area contributed by atoms with E-state index in [1.165, 1.54) is 12.1 Å². The van der Waals surface area contributed by atoms with Gasteiger partial charge >= 0.3 is 0 Å². The first-order valence-electron chi connectivity index (χ1n) is 11.9. The van der Waals surface area contributed by atoms with Crippen molar-refractivity contribution in [2.45, 2.75) is 12.6 Å². The Kier molecular flexibility index (Phi) is 10.3. The van der Waals surface area contributed by atoms with Crippen molar-refractivity contribution in [2.24, 2.45) is 5.73 Å². The number of hydrogen-bond acceptors (Lipinski definition) is 6. The molecule has 9 heteroatoms. The minimum Gasteiger partial charge on any atom is -0.388 e. The topological polar surface area (TPSA) is 125 Å². The summed E-state index contributed by atoms with van der Waals surface area (Å²) >= 11 is 0. The maximum Gasteiger partial charge on any atom is 0.251 e. The third kappa shape index (κ3) is 8.64. The number of likely N-dealkylation sites (N-methyl/N-ethyl adjacent to an activating group) is 1. The molecule has 0 aliphatic heterocycles. The van der Waals surface area contributed by atoms with Crippen LogP contribution in [0.2, 0.25) is 0 Å². The number of nitrogens with two attached hydrogens (primary N) is 1. The summed E-state index contributed by atoms with van der Waals surface area (Å²) in [6, 6.07) is 18.9. The van der Waals surface area contributed by atoms with Gasteiger partial charge in [0.25, 0.3) is 5.91 Å². The molecule has 0 bridgehead atoms. The summed E-state index contributed by atoms with van der Waals surface area (Å²) in [7, 11) is 1.79. The fourth-order valence-corrected chi connectivity index (χ4v) is 3.56. The molecular weight excluding hydrogens is 487 g/mol. The molecule has 5 N–H and O–H groups in total. The average Bonchev–Trinajstić information content (AvgIpc) is 2.91. The summed E-state index contributed by atoms with van der Waals surface area (Å²) in [5.41, 5.74) is 8.65. The molecule has 0 heterocycles. The minimum absolute atomic E-state index is 0.106. The number of aliphatic hydroxyl groups is 1. The fourth-order valence-electron chi connectivity index (χ4n) is 3.56. The van der Waals surface area contributed by atoms with Crippen LogP contribution in [-0.2, 0) is 16.1 Å². The molecule has 2 amide bonds. The summed E-state index contributed by atoms with van der Waals surface area (Å²) in [6.07, 6.45) is 0. The van der Waals surface area contributed by atoms with Gasteiger partial charge in [0.15, 0.2) is 5.78 Å². The Labute approximate surface area is 220 Å². The van der Waals surface area contributed by atoms with Crippen LogP contribution in [0.5, 0.6) is 0 Å². The quantitative estimate of drug-likeness (QED) is 0.305. The predicted molar refractivity (Wildman–Crippen MR) is 143 cm³/mol. The molecule has 0 aliphatic carbocycles. The van der Waals surface area contributed by atoms with Gasteiger partial charge < -0.3 is 21.5 Å². The van der Waals surface area contributed by atoms with Crippen molar-refractivity contribution in [2.75, 3.05) is 32.1 Å². The zero-order valence-electron chi connectivity index (χ0n) is 20.9. The molecule has 8 nitrogen and oxygen atoms in total. The van der Waals surface area contributed by atoms with E-state index in [1.807, 2.05) is 6.07 Å². The van der Waals surface area contributed by atoms with Gasteiger partial charge in [-0.1, -0.05) is 24.0 Å². The van der Waals surface area contributed by atoms with E-state index in [2.05, 4.69) is 22.5 Å². The van der Waals surface area contributed by atoms with Crippen molar-refractivity contribution in [1.29, 1.82) is 0 Å². The number of rotatable bonds is 10. The molecule has 3 aromatic carbocycles. The van der Waals surface area contributed by atoms with Crippen LogP contribution in [0, 0.1) is 17.7 Å². The Morgan fingerprint density at radius 3 is 2.21 bits per heavy atom. The van der Waals surface area contributed by atoms with Crippen molar-refractivity contribution in [3.05, 3.63) is 101 Å². The third-order valence-electron chi connectivity index (χ3n) is 5.51. The van der Waals surface area contributed by atoms with Crippen molar-refractivity contribution >= 4 is 23.3 Å². The summed E-state index contributed by atoms with van der Waals surface area (Å²) in [5, 5.41) is 14.3.